The first-order chi connectivity index (χ1) is 15.4. The average Bonchev–Trinajstić information content (AvgIpc) is 2.80. The Morgan fingerprint density at radius 3 is 2.28 bits per heavy atom. The Hall–Kier alpha value is -2.80. The van der Waals surface area contributed by atoms with Gasteiger partial charge in [-0.25, -0.2) is 0 Å². The molecule has 1 aromatic carbocycles. The normalized spacial score (nSPS) is 12.2. The molecule has 2 N–H and O–H groups in total. The van der Waals surface area contributed by atoms with Crippen LogP contribution in [0.4, 0.5) is 5.69 Å². The molecule has 1 aromatic rings. The van der Waals surface area contributed by atoms with Crippen LogP contribution in [0.3, 0.4) is 0 Å². The van der Waals surface area contributed by atoms with Crippen molar-refractivity contribution >= 4 is 17.8 Å². The zero-order valence-electron chi connectivity index (χ0n) is 20.2. The van der Waals surface area contributed by atoms with Crippen LogP contribution in [0.25, 0.3) is 0 Å². The molecule has 0 aromatic heterocycles. The lowest BCUT2D eigenvalue weighted by Gasteiger charge is -2.09. The number of carbonyl (C=O) groups is 1. The minimum Gasteiger partial charge on any atom is -0.400 e. The van der Waals surface area contributed by atoms with Gasteiger partial charge in [0.05, 0.1) is 24.5 Å². The topological polar surface area (TPSA) is 80.2 Å². The molecule has 6 nitrogen and oxygen atoms in total. The van der Waals surface area contributed by atoms with Gasteiger partial charge < -0.3 is 19.9 Å². The van der Waals surface area contributed by atoms with Crippen LogP contribution in [0, 0.1) is 0 Å². The number of nitrogens with zero attached hydrogens (tertiary/aromatic N) is 1. The first-order valence-corrected chi connectivity index (χ1v) is 10.5. The largest absolute Gasteiger partial charge is 0.400 e. The molecule has 0 radical (unpaired) electrons. The van der Waals surface area contributed by atoms with E-state index in [0.717, 1.165) is 18.4 Å². The summed E-state index contributed by atoms with van der Waals surface area (Å²) in [6, 6.07) is 7.87. The summed E-state index contributed by atoms with van der Waals surface area (Å²) in [5, 5.41) is 9.91. The van der Waals surface area contributed by atoms with Crippen LogP contribution in [0.2, 0.25) is 0 Å². The first-order valence-electron chi connectivity index (χ1n) is 10.5. The van der Waals surface area contributed by atoms with E-state index in [9.17, 15) is 4.79 Å². The van der Waals surface area contributed by atoms with Crippen molar-refractivity contribution in [3.8, 4) is 0 Å². The molecule has 0 aliphatic rings. The molecule has 0 heterocycles. The van der Waals surface area contributed by atoms with Gasteiger partial charge in [-0.05, 0) is 42.5 Å². The number of rotatable bonds is 12. The van der Waals surface area contributed by atoms with Gasteiger partial charge in [-0.3, -0.25) is 9.79 Å². The van der Waals surface area contributed by atoms with E-state index in [2.05, 4.69) is 30.7 Å². The highest BCUT2D eigenvalue weighted by atomic mass is 16.5. The molecule has 0 unspecified atom stereocenters. The molecule has 0 atom stereocenters. The fraction of sp³-hybridized carbons (Fsp3) is 0.385. The molecule has 0 aliphatic carbocycles. The summed E-state index contributed by atoms with van der Waals surface area (Å²) in [4.78, 5) is 17.0. The van der Waals surface area contributed by atoms with Gasteiger partial charge >= 0.3 is 0 Å². The van der Waals surface area contributed by atoms with E-state index < -0.39 is 0 Å². The summed E-state index contributed by atoms with van der Waals surface area (Å²) < 4.78 is 10.1. The average molecular weight is 443 g/mol. The third-order valence-electron chi connectivity index (χ3n) is 4.40. The van der Waals surface area contributed by atoms with Crippen molar-refractivity contribution in [1.29, 1.82) is 0 Å². The summed E-state index contributed by atoms with van der Waals surface area (Å²) >= 11 is 0. The number of hydrogen-bond acceptors (Lipinski definition) is 5. The first kappa shape index (κ1) is 29.2. The van der Waals surface area contributed by atoms with E-state index in [-0.39, 0.29) is 5.91 Å². The number of benzene rings is 1. The van der Waals surface area contributed by atoms with E-state index in [1.54, 1.807) is 33.4 Å². The number of carbonyl (C=O) groups excluding carboxylic acids is 1. The molecule has 0 spiro atoms. The number of allylic oxidation sites excluding steroid dienone is 3. The Kier molecular flexibility index (Phi) is 16.3. The highest BCUT2D eigenvalue weighted by Crippen LogP contribution is 2.18. The number of methoxy groups -OCH3 is 2. The molecule has 0 saturated heterocycles. The molecule has 6 heteroatoms. The maximum atomic E-state index is 12.6. The number of aliphatic hydroxyl groups is 1. The number of anilines is 1. The Bertz CT molecular complexity index is 804. The number of hydrogen-bond donors (Lipinski definition) is 2. The smallest absolute Gasteiger partial charge is 0.256 e. The van der Waals surface area contributed by atoms with E-state index in [4.69, 9.17) is 14.6 Å². The van der Waals surface area contributed by atoms with Crippen molar-refractivity contribution in [1.82, 2.24) is 0 Å². The predicted molar refractivity (Wildman–Crippen MR) is 134 cm³/mol. The SMILES string of the molecule is C=C(N=C/C(=C\C)C(=O)Nc1ccc(C(C)C)cc1)/C(=C/COC)C/C=C\COC.CO. The fourth-order valence-electron chi connectivity index (χ4n) is 2.53. The maximum absolute atomic E-state index is 12.6. The van der Waals surface area contributed by atoms with E-state index >= 15 is 0 Å². The van der Waals surface area contributed by atoms with Crippen LogP contribution in [-0.4, -0.2) is 51.8 Å². The lowest BCUT2D eigenvalue weighted by molar-refractivity contribution is -0.112. The Labute approximate surface area is 193 Å². The standard InChI is InChI=1S/C25H34N2O3.CH4O/c1-7-21(25(28)27-24-13-11-22(12-14-24)19(2)3)18-26-20(4)23(15-17-30-6)10-8-9-16-29-5;1-2/h7-9,11-15,18-19H,4,10,16-17H2,1-3,5-6H3,(H,27,28);2H,1H3/b9-8-,21-7+,23-15+,26-18?;. The molecule has 0 bridgehead atoms. The Balaban J connectivity index is 0.00000466. The fourth-order valence-corrected chi connectivity index (χ4v) is 2.53. The predicted octanol–water partition coefficient (Wildman–Crippen LogP) is 5.05. The van der Waals surface area contributed by atoms with Gasteiger partial charge in [0.25, 0.3) is 5.91 Å². The van der Waals surface area contributed by atoms with Crippen molar-refractivity contribution in [2.45, 2.75) is 33.1 Å². The van der Waals surface area contributed by atoms with Gasteiger partial charge in [0.15, 0.2) is 0 Å². The molecule has 0 aliphatic heterocycles. The van der Waals surface area contributed by atoms with Gasteiger partial charge in [0.1, 0.15) is 0 Å². The van der Waals surface area contributed by atoms with E-state index in [1.807, 2.05) is 42.5 Å². The summed E-state index contributed by atoms with van der Waals surface area (Å²) in [6.07, 6.45) is 9.79. The summed E-state index contributed by atoms with van der Waals surface area (Å²) in [6.45, 7) is 11.1. The lowest BCUT2D eigenvalue weighted by atomic mass is 10.0. The molecule has 32 heavy (non-hydrogen) atoms. The zero-order valence-corrected chi connectivity index (χ0v) is 20.2. The number of amides is 1. The van der Waals surface area contributed by atoms with Gasteiger partial charge in [-0.2, -0.15) is 0 Å². The van der Waals surface area contributed by atoms with Gasteiger partial charge in [-0.15, -0.1) is 0 Å². The molecular formula is C26H38N2O4. The Morgan fingerprint density at radius 2 is 1.75 bits per heavy atom. The Morgan fingerprint density at radius 1 is 1.12 bits per heavy atom. The minimum atomic E-state index is -0.214. The number of nitrogens with one attached hydrogen (secondary N) is 1. The second kappa shape index (κ2) is 17.8. The second-order valence-electron chi connectivity index (χ2n) is 7.00. The van der Waals surface area contributed by atoms with Crippen molar-refractivity contribution in [2.75, 3.05) is 39.9 Å². The molecule has 1 rings (SSSR count). The van der Waals surface area contributed by atoms with Crippen LogP contribution in [0.5, 0.6) is 0 Å². The quantitative estimate of drug-likeness (QED) is 0.205. The molecule has 0 fully saturated rings. The van der Waals surface area contributed by atoms with Crippen LogP contribution in [0.1, 0.15) is 38.7 Å². The highest BCUT2D eigenvalue weighted by molar-refractivity contribution is 6.17. The van der Waals surface area contributed by atoms with Gasteiger partial charge in [-0.1, -0.05) is 56.9 Å². The van der Waals surface area contributed by atoms with Crippen LogP contribution in [-0.2, 0) is 14.3 Å². The minimum absolute atomic E-state index is 0.214. The molecule has 1 amide bonds. The van der Waals surface area contributed by atoms with Crippen LogP contribution < -0.4 is 5.32 Å². The summed E-state index contributed by atoms with van der Waals surface area (Å²) in [5.74, 6) is 0.234. The monoisotopic (exact) mass is 442 g/mol. The number of aliphatic imine (C=N–C) groups is 1. The van der Waals surface area contributed by atoms with Crippen molar-refractivity contribution < 1.29 is 19.4 Å². The molecular weight excluding hydrogens is 404 g/mol. The third-order valence-corrected chi connectivity index (χ3v) is 4.40. The summed E-state index contributed by atoms with van der Waals surface area (Å²) in [5.41, 5.74) is 3.96. The second-order valence-corrected chi connectivity index (χ2v) is 7.00. The maximum Gasteiger partial charge on any atom is 0.256 e. The summed E-state index contributed by atoms with van der Waals surface area (Å²) in [7, 11) is 4.29. The zero-order chi connectivity index (χ0) is 24.4. The number of aliphatic hydroxyl groups excluding tert-OH is 1. The van der Waals surface area contributed by atoms with Crippen molar-refractivity contribution in [3.63, 3.8) is 0 Å². The van der Waals surface area contributed by atoms with Gasteiger partial charge in [0, 0.05) is 33.2 Å². The van der Waals surface area contributed by atoms with Crippen molar-refractivity contribution in [3.05, 3.63) is 77.6 Å². The lowest BCUT2D eigenvalue weighted by Crippen LogP contribution is -2.15. The van der Waals surface area contributed by atoms with Crippen molar-refractivity contribution in [2.24, 2.45) is 4.99 Å². The van der Waals surface area contributed by atoms with E-state index in [1.165, 1.54) is 5.56 Å². The van der Waals surface area contributed by atoms with Gasteiger partial charge in [0.2, 0.25) is 0 Å². The molecule has 0 saturated carbocycles. The van der Waals surface area contributed by atoms with Crippen LogP contribution in [0.15, 0.2) is 77.0 Å². The number of ether oxygens (including phenoxy) is 2. The highest BCUT2D eigenvalue weighted by Gasteiger charge is 2.08. The molecule has 176 valence electrons. The third kappa shape index (κ3) is 11.6. The van der Waals surface area contributed by atoms with E-state index in [0.29, 0.717) is 36.8 Å². The van der Waals surface area contributed by atoms with Crippen LogP contribution >= 0.6 is 0 Å².